The Kier molecular flexibility index (Phi) is 5.82. The number of hydrogen-bond acceptors (Lipinski definition) is 3. The molecule has 0 radical (unpaired) electrons. The fraction of sp³-hybridized carbons (Fsp3) is 0.0952. The summed E-state index contributed by atoms with van der Waals surface area (Å²) in [6, 6.07) is 19.0. The van der Waals surface area contributed by atoms with Gasteiger partial charge in [0.25, 0.3) is 0 Å². The molecule has 0 bridgehead atoms. The van der Waals surface area contributed by atoms with Gasteiger partial charge >= 0.3 is 0 Å². The number of aryl methyl sites for hydroxylation is 1. The monoisotopic (exact) mass is 384 g/mol. The van der Waals surface area contributed by atoms with Gasteiger partial charge in [0.15, 0.2) is 0 Å². The topological polar surface area (TPSA) is 33.6 Å². The van der Waals surface area contributed by atoms with Gasteiger partial charge in [0.05, 0.1) is 21.9 Å². The van der Waals surface area contributed by atoms with E-state index in [0.29, 0.717) is 10.0 Å². The van der Waals surface area contributed by atoms with Crippen molar-refractivity contribution in [3.63, 3.8) is 0 Å². The van der Waals surface area contributed by atoms with Crippen molar-refractivity contribution in [2.75, 3.05) is 5.43 Å². The van der Waals surface area contributed by atoms with E-state index in [0.717, 1.165) is 28.3 Å². The summed E-state index contributed by atoms with van der Waals surface area (Å²) in [5.74, 6) is 1.65. The van der Waals surface area contributed by atoms with Crippen LogP contribution in [0, 0.1) is 13.8 Å². The molecule has 0 spiro atoms. The minimum atomic E-state index is 0.486. The molecular weight excluding hydrogens is 367 g/mol. The molecule has 0 aliphatic rings. The summed E-state index contributed by atoms with van der Waals surface area (Å²) in [7, 11) is 0. The number of anilines is 1. The van der Waals surface area contributed by atoms with Gasteiger partial charge in [-0.3, -0.25) is 5.43 Å². The van der Waals surface area contributed by atoms with Crippen LogP contribution in [0.5, 0.6) is 11.5 Å². The molecule has 26 heavy (non-hydrogen) atoms. The first-order chi connectivity index (χ1) is 12.5. The largest absolute Gasteiger partial charge is 0.457 e. The van der Waals surface area contributed by atoms with Crippen LogP contribution >= 0.6 is 23.2 Å². The number of benzene rings is 3. The Morgan fingerprint density at radius 2 is 1.69 bits per heavy atom. The van der Waals surface area contributed by atoms with E-state index >= 15 is 0 Å². The highest BCUT2D eigenvalue weighted by molar-refractivity contribution is 6.42. The number of halogens is 2. The van der Waals surface area contributed by atoms with Crippen molar-refractivity contribution in [3.8, 4) is 11.5 Å². The Morgan fingerprint density at radius 1 is 0.923 bits per heavy atom. The lowest BCUT2D eigenvalue weighted by molar-refractivity contribution is 0.478. The van der Waals surface area contributed by atoms with E-state index in [1.807, 2.05) is 42.5 Å². The highest BCUT2D eigenvalue weighted by atomic mass is 35.5. The average molecular weight is 385 g/mol. The lowest BCUT2D eigenvalue weighted by Gasteiger charge is -2.10. The third-order valence-corrected chi connectivity index (χ3v) is 4.73. The second-order valence-electron chi connectivity index (χ2n) is 5.87. The molecule has 0 saturated carbocycles. The normalized spacial score (nSPS) is 10.9. The zero-order chi connectivity index (χ0) is 18.5. The maximum atomic E-state index is 5.98. The van der Waals surface area contributed by atoms with E-state index in [4.69, 9.17) is 27.9 Å². The molecule has 0 aliphatic carbocycles. The van der Waals surface area contributed by atoms with Crippen molar-refractivity contribution in [2.45, 2.75) is 13.8 Å². The van der Waals surface area contributed by atoms with Gasteiger partial charge in [0, 0.05) is 0 Å². The van der Waals surface area contributed by atoms with Crippen molar-refractivity contribution in [3.05, 3.63) is 87.4 Å². The molecule has 0 saturated heterocycles. The number of nitrogens with one attached hydrogen (secondary N) is 1. The molecule has 3 nitrogen and oxygen atoms in total. The van der Waals surface area contributed by atoms with Gasteiger partial charge in [0.2, 0.25) is 0 Å². The molecule has 0 aromatic heterocycles. The molecule has 0 heterocycles. The molecule has 5 heteroatoms. The zero-order valence-corrected chi connectivity index (χ0v) is 16.0. The lowest BCUT2D eigenvalue weighted by Crippen LogP contribution is -1.92. The maximum Gasteiger partial charge on any atom is 0.130 e. The molecule has 3 aromatic rings. The third-order valence-electron chi connectivity index (χ3n) is 3.99. The Hall–Kier alpha value is -2.49. The summed E-state index contributed by atoms with van der Waals surface area (Å²) in [6.07, 6.45) is 1.73. The Bertz CT molecular complexity index is 937. The molecule has 1 N–H and O–H groups in total. The van der Waals surface area contributed by atoms with E-state index in [1.54, 1.807) is 18.3 Å². The van der Waals surface area contributed by atoms with E-state index in [9.17, 15) is 0 Å². The first-order valence-electron chi connectivity index (χ1n) is 8.11. The van der Waals surface area contributed by atoms with Crippen LogP contribution in [-0.2, 0) is 0 Å². The van der Waals surface area contributed by atoms with Crippen molar-refractivity contribution < 1.29 is 4.74 Å². The van der Waals surface area contributed by atoms with Crippen LogP contribution in [0.15, 0.2) is 65.8 Å². The summed E-state index contributed by atoms with van der Waals surface area (Å²) < 4.78 is 5.96. The summed E-state index contributed by atoms with van der Waals surface area (Å²) in [5, 5.41) is 5.20. The fourth-order valence-corrected chi connectivity index (χ4v) is 2.63. The van der Waals surface area contributed by atoms with Gasteiger partial charge in [-0.15, -0.1) is 0 Å². The van der Waals surface area contributed by atoms with Crippen molar-refractivity contribution in [1.82, 2.24) is 0 Å². The molecule has 0 unspecified atom stereocenters. The summed E-state index contributed by atoms with van der Waals surface area (Å²) >= 11 is 11.9. The summed E-state index contributed by atoms with van der Waals surface area (Å²) in [4.78, 5) is 0. The average Bonchev–Trinajstić information content (AvgIpc) is 2.63. The number of nitrogens with zero attached hydrogens (tertiary/aromatic N) is 1. The van der Waals surface area contributed by atoms with Crippen LogP contribution in [0.1, 0.15) is 16.7 Å². The molecule has 0 aliphatic heterocycles. The standard InChI is InChI=1S/C21H18Cl2N2O/c1-14-4-3-5-21(15(14)2)26-18-9-6-16(7-10-18)13-24-25-17-8-11-19(22)20(23)12-17/h3-13,25H,1-2H3. The number of hydrogen-bond donors (Lipinski definition) is 1. The quantitative estimate of drug-likeness (QED) is 0.385. The Morgan fingerprint density at radius 3 is 2.42 bits per heavy atom. The van der Waals surface area contributed by atoms with E-state index in [1.165, 1.54) is 5.56 Å². The predicted molar refractivity (Wildman–Crippen MR) is 110 cm³/mol. The molecular formula is C21H18Cl2N2O. The van der Waals surface area contributed by atoms with E-state index < -0.39 is 0 Å². The van der Waals surface area contributed by atoms with E-state index in [2.05, 4.69) is 30.4 Å². The van der Waals surface area contributed by atoms with Gasteiger partial charge in [-0.25, -0.2) is 0 Å². The lowest BCUT2D eigenvalue weighted by atomic mass is 10.1. The Balaban J connectivity index is 1.63. The molecule has 132 valence electrons. The van der Waals surface area contributed by atoms with Crippen LogP contribution in [0.2, 0.25) is 10.0 Å². The first kappa shape index (κ1) is 18.3. The van der Waals surface area contributed by atoms with Crippen molar-refractivity contribution in [1.29, 1.82) is 0 Å². The van der Waals surface area contributed by atoms with Crippen molar-refractivity contribution >= 4 is 35.1 Å². The van der Waals surface area contributed by atoms with E-state index in [-0.39, 0.29) is 0 Å². The first-order valence-corrected chi connectivity index (χ1v) is 8.87. The van der Waals surface area contributed by atoms with Gasteiger partial charge in [-0.1, -0.05) is 35.3 Å². The fourth-order valence-electron chi connectivity index (χ4n) is 2.33. The Labute approximate surface area is 163 Å². The second-order valence-corrected chi connectivity index (χ2v) is 6.68. The van der Waals surface area contributed by atoms with Gasteiger partial charge in [-0.2, -0.15) is 5.10 Å². The van der Waals surface area contributed by atoms with Crippen LogP contribution in [0.4, 0.5) is 5.69 Å². The van der Waals surface area contributed by atoms with Gasteiger partial charge < -0.3 is 4.74 Å². The highest BCUT2D eigenvalue weighted by Crippen LogP contribution is 2.27. The SMILES string of the molecule is Cc1cccc(Oc2ccc(C=NNc3ccc(Cl)c(Cl)c3)cc2)c1C. The van der Waals surface area contributed by atoms with Gasteiger partial charge in [0.1, 0.15) is 11.5 Å². The molecule has 3 rings (SSSR count). The molecule has 3 aromatic carbocycles. The number of ether oxygens (including phenoxy) is 1. The van der Waals surface area contributed by atoms with Crippen molar-refractivity contribution in [2.24, 2.45) is 5.10 Å². The maximum absolute atomic E-state index is 5.98. The molecule has 0 fully saturated rings. The van der Waals surface area contributed by atoms with Gasteiger partial charge in [-0.05, 0) is 79.1 Å². The van der Waals surface area contributed by atoms with Crippen LogP contribution in [0.25, 0.3) is 0 Å². The minimum absolute atomic E-state index is 0.486. The molecule has 0 amide bonds. The summed E-state index contributed by atoms with van der Waals surface area (Å²) in [5.41, 5.74) is 6.99. The third kappa shape index (κ3) is 4.57. The predicted octanol–water partition coefficient (Wildman–Crippen LogP) is 6.85. The molecule has 0 atom stereocenters. The zero-order valence-electron chi connectivity index (χ0n) is 14.5. The van der Waals surface area contributed by atoms with Crippen LogP contribution in [-0.4, -0.2) is 6.21 Å². The number of hydrazone groups is 1. The van der Waals surface area contributed by atoms with Crippen LogP contribution in [0.3, 0.4) is 0 Å². The smallest absolute Gasteiger partial charge is 0.130 e. The van der Waals surface area contributed by atoms with Crippen LogP contribution < -0.4 is 10.2 Å². The second kappa shape index (κ2) is 8.26. The minimum Gasteiger partial charge on any atom is -0.457 e. The highest BCUT2D eigenvalue weighted by Gasteiger charge is 2.03. The number of rotatable bonds is 5. The summed E-state index contributed by atoms with van der Waals surface area (Å²) in [6.45, 7) is 4.13.